The Labute approximate surface area is 117 Å². The maximum absolute atomic E-state index is 9.60. The maximum Gasteiger partial charge on any atom is 0.205 e. The average molecular weight is 264 g/mol. The van der Waals surface area contributed by atoms with Crippen LogP contribution in [0.15, 0.2) is 11.1 Å². The first-order chi connectivity index (χ1) is 9.70. The van der Waals surface area contributed by atoms with E-state index in [-0.39, 0.29) is 6.61 Å². The first-order valence-corrected chi connectivity index (χ1v) is 6.69. The van der Waals surface area contributed by atoms with Crippen LogP contribution in [0.4, 0.5) is 0 Å². The molecule has 2 heterocycles. The molecule has 1 saturated heterocycles. The van der Waals surface area contributed by atoms with Crippen LogP contribution in [0.5, 0.6) is 0 Å². The van der Waals surface area contributed by atoms with E-state index in [2.05, 4.69) is 0 Å². The Morgan fingerprint density at radius 1 is 0.850 bits per heavy atom. The molecule has 98 valence electrons. The zero-order valence-corrected chi connectivity index (χ0v) is 10.9. The van der Waals surface area contributed by atoms with Crippen molar-refractivity contribution < 1.29 is 4.74 Å². The number of rotatable bonds is 0. The van der Waals surface area contributed by atoms with Gasteiger partial charge < -0.3 is 4.74 Å². The molecule has 5 nitrogen and oxygen atoms in total. The quantitative estimate of drug-likeness (QED) is 0.622. The van der Waals surface area contributed by atoms with Gasteiger partial charge in [-0.1, -0.05) is 5.57 Å². The summed E-state index contributed by atoms with van der Waals surface area (Å²) in [6, 6.07) is 7.93. The van der Waals surface area contributed by atoms with Crippen molar-refractivity contribution in [3.05, 3.63) is 11.1 Å². The minimum Gasteiger partial charge on any atom is -0.370 e. The van der Waals surface area contributed by atoms with Crippen LogP contribution in [0.1, 0.15) is 25.7 Å². The van der Waals surface area contributed by atoms with Gasteiger partial charge in [-0.2, -0.15) is 21.0 Å². The van der Waals surface area contributed by atoms with E-state index in [1.807, 2.05) is 24.3 Å². The summed E-state index contributed by atoms with van der Waals surface area (Å²) in [5.41, 5.74) is -1.24. The highest BCUT2D eigenvalue weighted by Crippen LogP contribution is 2.61. The van der Waals surface area contributed by atoms with Crippen molar-refractivity contribution in [2.24, 2.45) is 16.7 Å². The number of hydrogen-bond donors (Lipinski definition) is 0. The first kappa shape index (κ1) is 12.7. The lowest BCUT2D eigenvalue weighted by Crippen LogP contribution is -2.62. The van der Waals surface area contributed by atoms with Crippen LogP contribution >= 0.6 is 0 Å². The van der Waals surface area contributed by atoms with Gasteiger partial charge in [0.05, 0.1) is 30.9 Å². The summed E-state index contributed by atoms with van der Waals surface area (Å²) in [4.78, 5) is 0. The van der Waals surface area contributed by atoms with Gasteiger partial charge in [0.25, 0.3) is 0 Å². The van der Waals surface area contributed by atoms with E-state index in [0.29, 0.717) is 0 Å². The number of fused-ring (bicyclic) bond motifs is 2. The molecular formula is C15H12N4O. The highest BCUT2D eigenvalue weighted by atomic mass is 16.5. The summed E-state index contributed by atoms with van der Waals surface area (Å²) in [7, 11) is 0. The molecule has 1 fully saturated rings. The second kappa shape index (κ2) is 4.08. The topological polar surface area (TPSA) is 104 Å². The van der Waals surface area contributed by atoms with Crippen LogP contribution in [0.2, 0.25) is 0 Å². The lowest BCUT2D eigenvalue weighted by Gasteiger charge is -2.54. The summed E-state index contributed by atoms with van der Waals surface area (Å²) in [6.45, 7) is 0.260. The smallest absolute Gasteiger partial charge is 0.205 e. The third-order valence-corrected chi connectivity index (χ3v) is 4.96. The summed E-state index contributed by atoms with van der Waals surface area (Å²) < 4.78 is 5.70. The molecular weight excluding hydrogens is 252 g/mol. The van der Waals surface area contributed by atoms with Gasteiger partial charge in [0.1, 0.15) is 6.10 Å². The Morgan fingerprint density at radius 3 is 1.95 bits per heavy atom. The fraction of sp³-hybridized carbons (Fsp3) is 0.600. The Morgan fingerprint density at radius 2 is 1.40 bits per heavy atom. The van der Waals surface area contributed by atoms with Gasteiger partial charge >= 0.3 is 0 Å². The largest absolute Gasteiger partial charge is 0.370 e. The highest BCUT2D eigenvalue weighted by Gasteiger charge is 2.70. The molecule has 0 saturated carbocycles. The summed E-state index contributed by atoms with van der Waals surface area (Å²) in [5, 5.41) is 38.3. The molecule has 4 aliphatic rings. The van der Waals surface area contributed by atoms with E-state index >= 15 is 0 Å². The lowest BCUT2D eigenvalue weighted by atomic mass is 9.48. The minimum absolute atomic E-state index is 0.260. The molecule has 20 heavy (non-hydrogen) atoms. The van der Waals surface area contributed by atoms with Gasteiger partial charge in [0.2, 0.25) is 5.41 Å². The molecule has 2 aliphatic carbocycles. The van der Waals surface area contributed by atoms with E-state index in [0.717, 1.165) is 36.8 Å². The highest BCUT2D eigenvalue weighted by molar-refractivity contribution is 5.50. The monoisotopic (exact) mass is 264 g/mol. The summed E-state index contributed by atoms with van der Waals surface area (Å²) in [6.07, 6.45) is 2.95. The van der Waals surface area contributed by atoms with Gasteiger partial charge in [0, 0.05) is 5.92 Å². The molecule has 0 N–H and O–H groups in total. The van der Waals surface area contributed by atoms with E-state index in [1.165, 1.54) is 0 Å². The van der Waals surface area contributed by atoms with Crippen molar-refractivity contribution in [1.82, 2.24) is 0 Å². The van der Waals surface area contributed by atoms with Crippen LogP contribution in [-0.4, -0.2) is 12.7 Å². The van der Waals surface area contributed by atoms with Crippen LogP contribution in [0.3, 0.4) is 0 Å². The lowest BCUT2D eigenvalue weighted by molar-refractivity contribution is -0.103. The molecule has 2 aliphatic heterocycles. The standard InChI is InChI=1S/C15H12N4O/c16-6-14(7-17)12-5-20-13(15(14,8-18)9-19)11-4-2-1-3-10(11)12/h12-13H,1-5H2. The summed E-state index contributed by atoms with van der Waals surface area (Å²) in [5.74, 6) is -0.447. The van der Waals surface area contributed by atoms with Crippen molar-refractivity contribution in [2.75, 3.05) is 6.61 Å². The zero-order valence-electron chi connectivity index (χ0n) is 10.9. The molecule has 0 amide bonds. The molecule has 0 aromatic rings. The second-order valence-corrected chi connectivity index (χ2v) is 5.59. The molecule has 0 spiro atoms. The number of hydrogen-bond acceptors (Lipinski definition) is 5. The van der Waals surface area contributed by atoms with Crippen LogP contribution in [0, 0.1) is 62.1 Å². The van der Waals surface area contributed by atoms with Crippen molar-refractivity contribution >= 4 is 0 Å². The fourth-order valence-corrected chi connectivity index (χ4v) is 3.97. The SMILES string of the molecule is N#CC1(C#N)C2COC(C3=C2CCCC3)C1(C#N)C#N. The second-order valence-electron chi connectivity index (χ2n) is 5.59. The predicted molar refractivity (Wildman–Crippen MR) is 66.0 cm³/mol. The molecule has 2 unspecified atom stereocenters. The molecule has 4 rings (SSSR count). The van der Waals surface area contributed by atoms with Crippen molar-refractivity contribution in [1.29, 1.82) is 21.0 Å². The van der Waals surface area contributed by atoms with Crippen LogP contribution in [0.25, 0.3) is 0 Å². The third kappa shape index (κ3) is 1.13. The van der Waals surface area contributed by atoms with E-state index in [1.54, 1.807) is 0 Å². The molecule has 2 bridgehead atoms. The minimum atomic E-state index is -1.71. The summed E-state index contributed by atoms with van der Waals surface area (Å²) >= 11 is 0. The first-order valence-electron chi connectivity index (χ1n) is 6.69. The van der Waals surface area contributed by atoms with Gasteiger partial charge in [-0.25, -0.2) is 0 Å². The Bertz CT molecular complexity index is 578. The van der Waals surface area contributed by atoms with E-state index in [4.69, 9.17) is 4.74 Å². The number of ether oxygens (including phenoxy) is 1. The molecule has 0 radical (unpaired) electrons. The molecule has 0 aromatic heterocycles. The van der Waals surface area contributed by atoms with Gasteiger partial charge in [-0.05, 0) is 31.3 Å². The Kier molecular flexibility index (Phi) is 2.58. The number of nitriles is 4. The average Bonchev–Trinajstić information content (AvgIpc) is 2.54. The van der Waals surface area contributed by atoms with Crippen molar-refractivity contribution in [2.45, 2.75) is 31.8 Å². The Hall–Kier alpha value is -2.34. The zero-order chi connectivity index (χ0) is 14.4. The Balaban J connectivity index is 2.32. The number of nitrogens with zero attached hydrogens (tertiary/aromatic N) is 4. The van der Waals surface area contributed by atoms with Gasteiger partial charge in [-0.15, -0.1) is 0 Å². The van der Waals surface area contributed by atoms with E-state index in [9.17, 15) is 21.0 Å². The van der Waals surface area contributed by atoms with Crippen molar-refractivity contribution in [3.63, 3.8) is 0 Å². The normalized spacial score (nSPS) is 32.2. The van der Waals surface area contributed by atoms with Crippen molar-refractivity contribution in [3.8, 4) is 24.3 Å². The third-order valence-electron chi connectivity index (χ3n) is 4.96. The molecule has 0 aromatic carbocycles. The van der Waals surface area contributed by atoms with E-state index < -0.39 is 22.9 Å². The fourth-order valence-electron chi connectivity index (χ4n) is 3.97. The van der Waals surface area contributed by atoms with Gasteiger partial charge in [0.15, 0.2) is 5.41 Å². The van der Waals surface area contributed by atoms with Gasteiger partial charge in [-0.3, -0.25) is 0 Å². The molecule has 5 heteroatoms. The molecule has 2 atom stereocenters. The van der Waals surface area contributed by atoms with Crippen LogP contribution in [-0.2, 0) is 4.74 Å². The maximum atomic E-state index is 9.60. The van der Waals surface area contributed by atoms with Crippen LogP contribution < -0.4 is 0 Å². The predicted octanol–water partition coefficient (Wildman–Crippen LogP) is 1.95.